The quantitative estimate of drug-likeness (QED) is 0.557. The van der Waals surface area contributed by atoms with Gasteiger partial charge in [0.25, 0.3) is 5.69 Å². The van der Waals surface area contributed by atoms with Crippen LogP contribution in [-0.2, 0) is 4.74 Å². The highest BCUT2D eigenvalue weighted by Gasteiger charge is 2.19. The maximum absolute atomic E-state index is 11.5. The monoisotopic (exact) mass is 363 g/mol. The van der Waals surface area contributed by atoms with Gasteiger partial charge in [-0.25, -0.2) is 4.79 Å². The van der Waals surface area contributed by atoms with Crippen molar-refractivity contribution >= 4 is 34.8 Å². The molecule has 0 aliphatic carbocycles. The van der Waals surface area contributed by atoms with Crippen LogP contribution < -0.4 is 10.6 Å². The van der Waals surface area contributed by atoms with Crippen molar-refractivity contribution in [1.29, 1.82) is 0 Å². The van der Waals surface area contributed by atoms with Crippen LogP contribution in [0.5, 0.6) is 0 Å². The zero-order valence-corrected chi connectivity index (χ0v) is 14.5. The average molecular weight is 364 g/mol. The number of nitrogens with one attached hydrogen (secondary N) is 2. The summed E-state index contributed by atoms with van der Waals surface area (Å²) in [6.45, 7) is 3.72. The van der Waals surface area contributed by atoms with Crippen LogP contribution >= 0.6 is 11.6 Å². The maximum Gasteiger partial charge on any atom is 0.411 e. The summed E-state index contributed by atoms with van der Waals surface area (Å²) >= 11 is 5.85. The van der Waals surface area contributed by atoms with Gasteiger partial charge in [0.05, 0.1) is 11.5 Å². The van der Waals surface area contributed by atoms with Gasteiger partial charge in [-0.2, -0.15) is 0 Å². The molecule has 2 aromatic carbocycles. The molecule has 2 N–H and O–H groups in total. The number of carbonyl (C=O) groups is 1. The number of benzene rings is 2. The zero-order valence-electron chi connectivity index (χ0n) is 13.8. The molecule has 0 aromatic heterocycles. The van der Waals surface area contributed by atoms with Gasteiger partial charge in [0.1, 0.15) is 5.69 Å². The fourth-order valence-electron chi connectivity index (χ4n) is 2.23. The predicted octanol–water partition coefficient (Wildman–Crippen LogP) is 4.99. The van der Waals surface area contributed by atoms with Crippen LogP contribution in [0, 0.1) is 10.1 Å². The van der Waals surface area contributed by atoms with Crippen LogP contribution in [0.2, 0.25) is 5.02 Å². The first kappa shape index (κ1) is 18.5. The first-order valence-electron chi connectivity index (χ1n) is 7.65. The first-order chi connectivity index (χ1) is 11.9. The Morgan fingerprint density at radius 3 is 2.56 bits per heavy atom. The van der Waals surface area contributed by atoms with E-state index in [4.69, 9.17) is 16.3 Å². The van der Waals surface area contributed by atoms with E-state index in [1.165, 1.54) is 12.1 Å². The topological polar surface area (TPSA) is 93.5 Å². The second-order valence-corrected chi connectivity index (χ2v) is 5.69. The first-order valence-corrected chi connectivity index (χ1v) is 8.02. The molecule has 2 aromatic rings. The Balaban J connectivity index is 2.20. The summed E-state index contributed by atoms with van der Waals surface area (Å²) in [6.07, 6.45) is -0.731. The molecule has 2 rings (SSSR count). The molecule has 0 bridgehead atoms. The van der Waals surface area contributed by atoms with Crippen LogP contribution in [-0.4, -0.2) is 17.6 Å². The SMILES string of the molecule is CCOC(=O)Nc1ccc(C(C)Nc2ccc(Cl)cc2)cc1[N+](=O)[O-]. The lowest BCUT2D eigenvalue weighted by Gasteiger charge is -2.16. The van der Waals surface area contributed by atoms with Crippen LogP contribution in [0.3, 0.4) is 0 Å². The van der Waals surface area contributed by atoms with E-state index in [1.54, 1.807) is 25.1 Å². The van der Waals surface area contributed by atoms with Crippen LogP contribution in [0.4, 0.5) is 21.9 Å². The minimum absolute atomic E-state index is 0.0888. The summed E-state index contributed by atoms with van der Waals surface area (Å²) < 4.78 is 4.75. The van der Waals surface area contributed by atoms with Crippen molar-refractivity contribution in [3.63, 3.8) is 0 Å². The molecular weight excluding hydrogens is 346 g/mol. The number of hydrogen-bond acceptors (Lipinski definition) is 5. The second kappa shape index (κ2) is 8.34. The van der Waals surface area contributed by atoms with Crippen molar-refractivity contribution in [1.82, 2.24) is 0 Å². The normalized spacial score (nSPS) is 11.5. The number of ether oxygens (including phenoxy) is 1. The molecule has 1 atom stereocenters. The molecule has 0 spiro atoms. The Labute approximate surface area is 150 Å². The number of nitro benzene ring substituents is 1. The Morgan fingerprint density at radius 1 is 1.28 bits per heavy atom. The summed E-state index contributed by atoms with van der Waals surface area (Å²) in [4.78, 5) is 22.3. The molecule has 25 heavy (non-hydrogen) atoms. The van der Waals surface area contributed by atoms with E-state index in [0.717, 1.165) is 5.69 Å². The highest BCUT2D eigenvalue weighted by atomic mass is 35.5. The number of nitrogens with zero attached hydrogens (tertiary/aromatic N) is 1. The van der Waals surface area contributed by atoms with Crippen molar-refractivity contribution in [2.75, 3.05) is 17.2 Å². The molecular formula is C17H18ClN3O4. The fraction of sp³-hybridized carbons (Fsp3) is 0.235. The molecule has 132 valence electrons. The zero-order chi connectivity index (χ0) is 18.4. The number of anilines is 2. The van der Waals surface area contributed by atoms with E-state index in [1.807, 2.05) is 19.1 Å². The van der Waals surface area contributed by atoms with Crippen molar-refractivity contribution in [3.8, 4) is 0 Å². The van der Waals surface area contributed by atoms with Crippen LogP contribution in [0.15, 0.2) is 42.5 Å². The van der Waals surface area contributed by atoms with Crippen molar-refractivity contribution in [2.24, 2.45) is 0 Å². The molecule has 0 aliphatic heterocycles. The minimum atomic E-state index is -0.731. The van der Waals surface area contributed by atoms with Gasteiger partial charge in [0, 0.05) is 22.8 Å². The Morgan fingerprint density at radius 2 is 1.96 bits per heavy atom. The van der Waals surface area contributed by atoms with Gasteiger partial charge >= 0.3 is 6.09 Å². The Hall–Kier alpha value is -2.80. The number of rotatable bonds is 6. The number of halogens is 1. The summed E-state index contributed by atoms with van der Waals surface area (Å²) in [6, 6.07) is 11.6. The van der Waals surface area contributed by atoms with E-state index in [-0.39, 0.29) is 24.0 Å². The van der Waals surface area contributed by atoms with Gasteiger partial charge in [-0.05, 0) is 49.7 Å². The van der Waals surface area contributed by atoms with E-state index in [9.17, 15) is 14.9 Å². The molecule has 0 radical (unpaired) electrons. The van der Waals surface area contributed by atoms with E-state index in [0.29, 0.717) is 10.6 Å². The van der Waals surface area contributed by atoms with Crippen LogP contribution in [0.1, 0.15) is 25.5 Å². The molecule has 0 fully saturated rings. The highest BCUT2D eigenvalue weighted by Crippen LogP contribution is 2.30. The van der Waals surface area contributed by atoms with E-state index in [2.05, 4.69) is 10.6 Å². The number of nitro groups is 1. The largest absolute Gasteiger partial charge is 0.450 e. The number of hydrogen-bond donors (Lipinski definition) is 2. The van der Waals surface area contributed by atoms with Crippen molar-refractivity contribution in [2.45, 2.75) is 19.9 Å². The lowest BCUT2D eigenvalue weighted by molar-refractivity contribution is -0.384. The summed E-state index contributed by atoms with van der Waals surface area (Å²) in [5.74, 6) is 0. The third-order valence-corrected chi connectivity index (χ3v) is 3.71. The fourth-order valence-corrected chi connectivity index (χ4v) is 2.36. The lowest BCUT2D eigenvalue weighted by Crippen LogP contribution is -2.15. The van der Waals surface area contributed by atoms with E-state index < -0.39 is 11.0 Å². The maximum atomic E-state index is 11.5. The molecule has 0 aliphatic rings. The molecule has 0 saturated carbocycles. The van der Waals surface area contributed by atoms with Gasteiger partial charge in [0.2, 0.25) is 0 Å². The third kappa shape index (κ3) is 5.09. The third-order valence-electron chi connectivity index (χ3n) is 3.46. The molecule has 1 unspecified atom stereocenters. The van der Waals surface area contributed by atoms with Crippen molar-refractivity contribution in [3.05, 3.63) is 63.2 Å². The molecule has 1 amide bonds. The van der Waals surface area contributed by atoms with E-state index >= 15 is 0 Å². The van der Waals surface area contributed by atoms with Crippen LogP contribution in [0.25, 0.3) is 0 Å². The van der Waals surface area contributed by atoms with Gasteiger partial charge in [-0.3, -0.25) is 15.4 Å². The second-order valence-electron chi connectivity index (χ2n) is 5.25. The molecule has 7 nitrogen and oxygen atoms in total. The standard InChI is InChI=1S/C17H18ClN3O4/c1-3-25-17(22)20-15-9-4-12(10-16(15)21(23)24)11(2)19-14-7-5-13(18)6-8-14/h4-11,19H,3H2,1-2H3,(H,20,22). The van der Waals surface area contributed by atoms with Gasteiger partial charge < -0.3 is 10.1 Å². The molecule has 0 heterocycles. The Kier molecular flexibility index (Phi) is 6.19. The van der Waals surface area contributed by atoms with Gasteiger partial charge in [0.15, 0.2) is 0 Å². The molecule has 0 saturated heterocycles. The highest BCUT2D eigenvalue weighted by molar-refractivity contribution is 6.30. The lowest BCUT2D eigenvalue weighted by atomic mass is 10.1. The summed E-state index contributed by atoms with van der Waals surface area (Å²) in [7, 11) is 0. The number of carbonyl (C=O) groups excluding carboxylic acids is 1. The summed E-state index contributed by atoms with van der Waals surface area (Å²) in [5, 5.41) is 17.6. The van der Waals surface area contributed by atoms with Gasteiger partial charge in [-0.15, -0.1) is 0 Å². The smallest absolute Gasteiger partial charge is 0.411 e. The number of amides is 1. The summed E-state index contributed by atoms with van der Waals surface area (Å²) in [5.41, 5.74) is 1.44. The Bertz CT molecular complexity index is 765. The minimum Gasteiger partial charge on any atom is -0.450 e. The predicted molar refractivity (Wildman–Crippen MR) is 97.2 cm³/mol. The molecule has 8 heteroatoms. The average Bonchev–Trinajstić information content (AvgIpc) is 2.57. The van der Waals surface area contributed by atoms with Crippen molar-refractivity contribution < 1.29 is 14.5 Å². The van der Waals surface area contributed by atoms with Gasteiger partial charge in [-0.1, -0.05) is 17.7 Å².